The van der Waals surface area contributed by atoms with Crippen molar-refractivity contribution in [1.29, 1.82) is 0 Å². The standard InChI is InChI=1S/C20H29N3O4S3/c1-3-4-5-17-14-15-11-13-28-20(15)19(22-17)10-12-21-30(26,27)18-8-6-16(7-9-18)23-29(2,24)25/h6-9,11,13,17,19,21-23H,3-5,10,12,14H2,1-2H3. The fourth-order valence-corrected chi connectivity index (χ4v) is 6.34. The number of sulfonamides is 2. The van der Waals surface area contributed by atoms with Crippen LogP contribution in [0.4, 0.5) is 5.69 Å². The predicted octanol–water partition coefficient (Wildman–Crippen LogP) is 3.23. The molecule has 0 radical (unpaired) electrons. The fraction of sp³-hybridized carbons (Fsp3) is 0.500. The fourth-order valence-electron chi connectivity index (χ4n) is 3.69. The molecule has 0 bridgehead atoms. The van der Waals surface area contributed by atoms with E-state index in [0.29, 0.717) is 24.7 Å². The lowest BCUT2D eigenvalue weighted by Crippen LogP contribution is -2.40. The van der Waals surface area contributed by atoms with Gasteiger partial charge in [-0.3, -0.25) is 4.72 Å². The summed E-state index contributed by atoms with van der Waals surface area (Å²) in [6.07, 6.45) is 6.22. The first-order valence-corrected chi connectivity index (χ1v) is 14.3. The number of hydrogen-bond donors (Lipinski definition) is 3. The number of nitrogens with one attached hydrogen (secondary N) is 3. The van der Waals surface area contributed by atoms with Gasteiger partial charge < -0.3 is 5.32 Å². The number of fused-ring (bicyclic) bond motifs is 1. The quantitative estimate of drug-likeness (QED) is 0.493. The lowest BCUT2D eigenvalue weighted by molar-refractivity contribution is 0.368. The Bertz CT molecular complexity index is 1050. The van der Waals surface area contributed by atoms with Gasteiger partial charge in [-0.15, -0.1) is 11.3 Å². The number of rotatable bonds is 10. The van der Waals surface area contributed by atoms with E-state index in [0.717, 1.165) is 25.5 Å². The highest BCUT2D eigenvalue weighted by atomic mass is 32.2. The maximum absolute atomic E-state index is 12.6. The molecule has 2 heterocycles. The average Bonchev–Trinajstić information content (AvgIpc) is 3.14. The Morgan fingerprint density at radius 3 is 2.50 bits per heavy atom. The van der Waals surface area contributed by atoms with Crippen molar-refractivity contribution < 1.29 is 16.8 Å². The van der Waals surface area contributed by atoms with Gasteiger partial charge in [0.2, 0.25) is 20.0 Å². The van der Waals surface area contributed by atoms with Gasteiger partial charge in [-0.25, -0.2) is 21.6 Å². The van der Waals surface area contributed by atoms with E-state index in [1.54, 1.807) is 11.3 Å². The van der Waals surface area contributed by atoms with Crippen LogP contribution >= 0.6 is 11.3 Å². The molecular weight excluding hydrogens is 442 g/mol. The van der Waals surface area contributed by atoms with Crippen LogP contribution in [0.25, 0.3) is 0 Å². The second-order valence-corrected chi connectivity index (χ2v) is 12.1. The number of anilines is 1. The van der Waals surface area contributed by atoms with E-state index in [9.17, 15) is 16.8 Å². The van der Waals surface area contributed by atoms with Gasteiger partial charge >= 0.3 is 0 Å². The molecule has 0 fully saturated rings. The molecule has 1 aromatic carbocycles. The van der Waals surface area contributed by atoms with Crippen LogP contribution in [0, 0.1) is 0 Å². The molecule has 3 rings (SSSR count). The summed E-state index contributed by atoms with van der Waals surface area (Å²) in [5, 5.41) is 5.81. The zero-order valence-electron chi connectivity index (χ0n) is 17.2. The number of thiophene rings is 1. The van der Waals surface area contributed by atoms with Crippen LogP contribution in [0.5, 0.6) is 0 Å². The molecular formula is C20H29N3O4S3. The van der Waals surface area contributed by atoms with Crippen LogP contribution < -0.4 is 14.8 Å². The zero-order valence-corrected chi connectivity index (χ0v) is 19.7. The van der Waals surface area contributed by atoms with Crippen molar-refractivity contribution >= 4 is 37.1 Å². The molecule has 2 aromatic rings. The summed E-state index contributed by atoms with van der Waals surface area (Å²) < 4.78 is 52.8. The van der Waals surface area contributed by atoms with Crippen molar-refractivity contribution in [3.05, 3.63) is 46.2 Å². The SMILES string of the molecule is CCCCC1Cc2ccsc2C(CCNS(=O)(=O)c2ccc(NS(C)(=O)=O)cc2)N1. The lowest BCUT2D eigenvalue weighted by atomic mass is 9.93. The minimum Gasteiger partial charge on any atom is -0.306 e. The minimum absolute atomic E-state index is 0.107. The van der Waals surface area contributed by atoms with Gasteiger partial charge in [0.1, 0.15) is 0 Å². The highest BCUT2D eigenvalue weighted by Crippen LogP contribution is 2.33. The van der Waals surface area contributed by atoms with Gasteiger partial charge in [-0.2, -0.15) is 0 Å². The van der Waals surface area contributed by atoms with E-state index in [2.05, 4.69) is 33.1 Å². The molecule has 10 heteroatoms. The van der Waals surface area contributed by atoms with Crippen LogP contribution in [-0.4, -0.2) is 35.7 Å². The van der Waals surface area contributed by atoms with Gasteiger partial charge in [-0.1, -0.05) is 19.8 Å². The van der Waals surface area contributed by atoms with Crippen molar-refractivity contribution in [3.8, 4) is 0 Å². The highest BCUT2D eigenvalue weighted by molar-refractivity contribution is 7.92. The molecule has 0 saturated carbocycles. The smallest absolute Gasteiger partial charge is 0.240 e. The van der Waals surface area contributed by atoms with Crippen molar-refractivity contribution in [2.45, 2.75) is 56.0 Å². The van der Waals surface area contributed by atoms with E-state index in [-0.39, 0.29) is 10.9 Å². The van der Waals surface area contributed by atoms with E-state index >= 15 is 0 Å². The van der Waals surface area contributed by atoms with Crippen LogP contribution in [0.3, 0.4) is 0 Å². The van der Waals surface area contributed by atoms with E-state index in [1.807, 2.05) is 0 Å². The Morgan fingerprint density at radius 1 is 1.10 bits per heavy atom. The summed E-state index contributed by atoms with van der Waals surface area (Å²) in [5.74, 6) is 0. The largest absolute Gasteiger partial charge is 0.306 e. The Labute approximate surface area is 183 Å². The molecule has 1 aliphatic rings. The van der Waals surface area contributed by atoms with Gasteiger partial charge in [0.25, 0.3) is 0 Å². The Morgan fingerprint density at radius 2 is 1.83 bits per heavy atom. The first-order chi connectivity index (χ1) is 14.2. The monoisotopic (exact) mass is 471 g/mol. The van der Waals surface area contributed by atoms with Crippen LogP contribution in [0.2, 0.25) is 0 Å². The van der Waals surface area contributed by atoms with Crippen molar-refractivity contribution in [2.24, 2.45) is 0 Å². The molecule has 2 unspecified atom stereocenters. The van der Waals surface area contributed by atoms with Crippen LogP contribution in [-0.2, 0) is 26.5 Å². The van der Waals surface area contributed by atoms with E-state index in [4.69, 9.17) is 0 Å². The molecule has 7 nitrogen and oxygen atoms in total. The second-order valence-electron chi connectivity index (χ2n) is 7.66. The topological polar surface area (TPSA) is 104 Å². The first-order valence-electron chi connectivity index (χ1n) is 10.1. The normalized spacial score (nSPS) is 19.4. The van der Waals surface area contributed by atoms with Crippen LogP contribution in [0.1, 0.15) is 49.1 Å². The summed E-state index contributed by atoms with van der Waals surface area (Å²) in [6, 6.07) is 8.44. The molecule has 2 atom stereocenters. The first kappa shape index (κ1) is 23.2. The van der Waals surface area contributed by atoms with Crippen molar-refractivity contribution in [2.75, 3.05) is 17.5 Å². The lowest BCUT2D eigenvalue weighted by Gasteiger charge is -2.31. The third-order valence-corrected chi connectivity index (χ3v) is 8.26. The molecule has 30 heavy (non-hydrogen) atoms. The molecule has 0 aliphatic carbocycles. The third-order valence-electron chi connectivity index (χ3n) is 5.10. The predicted molar refractivity (Wildman–Crippen MR) is 122 cm³/mol. The maximum atomic E-state index is 12.6. The second kappa shape index (κ2) is 9.78. The van der Waals surface area contributed by atoms with Gasteiger partial charge in [0.05, 0.1) is 11.2 Å². The molecule has 0 amide bonds. The average molecular weight is 472 g/mol. The van der Waals surface area contributed by atoms with Crippen molar-refractivity contribution in [1.82, 2.24) is 10.0 Å². The highest BCUT2D eigenvalue weighted by Gasteiger charge is 2.27. The summed E-state index contributed by atoms with van der Waals surface area (Å²) in [5.41, 5.74) is 1.70. The molecule has 3 N–H and O–H groups in total. The number of benzene rings is 1. The van der Waals surface area contributed by atoms with Crippen molar-refractivity contribution in [3.63, 3.8) is 0 Å². The summed E-state index contributed by atoms with van der Waals surface area (Å²) in [6.45, 7) is 2.51. The molecule has 1 aliphatic heterocycles. The molecule has 0 spiro atoms. The minimum atomic E-state index is -3.66. The Kier molecular flexibility index (Phi) is 7.56. The summed E-state index contributed by atoms with van der Waals surface area (Å²) >= 11 is 1.72. The Hall–Kier alpha value is -1.46. The van der Waals surface area contributed by atoms with E-state index < -0.39 is 20.0 Å². The third kappa shape index (κ3) is 6.27. The number of unbranched alkanes of at least 4 members (excludes halogenated alkanes) is 1. The molecule has 166 valence electrons. The van der Waals surface area contributed by atoms with Crippen LogP contribution in [0.15, 0.2) is 40.6 Å². The maximum Gasteiger partial charge on any atom is 0.240 e. The van der Waals surface area contributed by atoms with Gasteiger partial charge in [0, 0.05) is 29.2 Å². The number of hydrogen-bond acceptors (Lipinski definition) is 6. The zero-order chi connectivity index (χ0) is 21.8. The van der Waals surface area contributed by atoms with Gasteiger partial charge in [0.15, 0.2) is 0 Å². The Balaban J connectivity index is 1.60. The summed E-state index contributed by atoms with van der Waals surface area (Å²) in [7, 11) is -7.07. The van der Waals surface area contributed by atoms with E-state index in [1.165, 1.54) is 41.1 Å². The summed E-state index contributed by atoms with van der Waals surface area (Å²) in [4.78, 5) is 1.41. The molecule has 0 saturated heterocycles. The van der Waals surface area contributed by atoms with Gasteiger partial charge in [-0.05, 0) is 60.5 Å². The molecule has 1 aromatic heterocycles.